The third-order valence-corrected chi connectivity index (χ3v) is 7.10. The van der Waals surface area contributed by atoms with Gasteiger partial charge >= 0.3 is 0 Å². The highest BCUT2D eigenvalue weighted by Crippen LogP contribution is 2.66. The van der Waals surface area contributed by atoms with E-state index in [1.807, 2.05) is 0 Å². The lowest BCUT2D eigenvalue weighted by molar-refractivity contribution is -0.0519. The van der Waals surface area contributed by atoms with Crippen molar-refractivity contribution in [1.82, 2.24) is 4.90 Å². The van der Waals surface area contributed by atoms with Crippen LogP contribution in [0.1, 0.15) is 79.6 Å². The Morgan fingerprint density at radius 1 is 1.00 bits per heavy atom. The first kappa shape index (κ1) is 18.3. The summed E-state index contributed by atoms with van der Waals surface area (Å²) in [6.45, 7) is 16.5. The van der Waals surface area contributed by atoms with Gasteiger partial charge in [0.1, 0.15) is 0 Å². The summed E-state index contributed by atoms with van der Waals surface area (Å²) in [7, 11) is 0. The molecule has 2 fully saturated rings. The molecule has 0 aromatic heterocycles. The van der Waals surface area contributed by atoms with Crippen LogP contribution >= 0.6 is 0 Å². The molecule has 2 rings (SSSR count). The topological polar surface area (TPSA) is 12.5 Å². The maximum Gasteiger partial charge on any atom is 0.0637 e. The molecule has 0 aromatic carbocycles. The number of hydrogen-bond acceptors (Lipinski definition) is 2. The van der Waals surface area contributed by atoms with E-state index in [0.717, 1.165) is 19.1 Å². The minimum absolute atomic E-state index is 0.412. The molecule has 2 nitrogen and oxygen atoms in total. The second-order valence-corrected chi connectivity index (χ2v) is 8.52. The van der Waals surface area contributed by atoms with Crippen LogP contribution in [0.25, 0.3) is 0 Å². The Bertz CT molecular complexity index is 333. The number of ether oxygens (including phenoxy) is 1. The molecule has 0 aromatic rings. The molecule has 0 amide bonds. The molecule has 2 aliphatic rings. The molecule has 22 heavy (non-hydrogen) atoms. The van der Waals surface area contributed by atoms with E-state index in [2.05, 4.69) is 39.5 Å². The standard InChI is InChI=1S/C20H39NO/c1-6-8-12-21(13-9-7-2)14-15-22-18-16-17-10-11-20(18,5)19(17,3)4/h17-18H,6-16H2,1-5H3/t17-,18+,20+/m1/s1. The Balaban J connectivity index is 1.78. The van der Waals surface area contributed by atoms with Gasteiger partial charge in [-0.15, -0.1) is 0 Å². The second kappa shape index (κ2) is 7.66. The fourth-order valence-electron chi connectivity index (χ4n) is 4.81. The van der Waals surface area contributed by atoms with E-state index in [4.69, 9.17) is 4.74 Å². The average Bonchev–Trinajstić information content (AvgIpc) is 2.82. The maximum absolute atomic E-state index is 6.42. The summed E-state index contributed by atoms with van der Waals surface area (Å²) < 4.78 is 6.42. The highest BCUT2D eigenvalue weighted by atomic mass is 16.5. The van der Waals surface area contributed by atoms with Crippen LogP contribution in [0.5, 0.6) is 0 Å². The van der Waals surface area contributed by atoms with E-state index >= 15 is 0 Å². The molecule has 0 aliphatic heterocycles. The molecule has 2 heteroatoms. The first-order chi connectivity index (χ1) is 10.5. The summed E-state index contributed by atoms with van der Waals surface area (Å²) in [5.74, 6) is 0.888. The van der Waals surface area contributed by atoms with Crippen molar-refractivity contribution in [3.8, 4) is 0 Å². The number of hydrogen-bond donors (Lipinski definition) is 0. The van der Waals surface area contributed by atoms with E-state index in [0.29, 0.717) is 16.9 Å². The fraction of sp³-hybridized carbons (Fsp3) is 1.00. The van der Waals surface area contributed by atoms with Crippen molar-refractivity contribution in [2.45, 2.75) is 85.7 Å². The first-order valence-corrected chi connectivity index (χ1v) is 9.79. The zero-order valence-electron chi connectivity index (χ0n) is 15.8. The molecule has 0 saturated heterocycles. The fourth-order valence-corrected chi connectivity index (χ4v) is 4.81. The largest absolute Gasteiger partial charge is 0.376 e. The number of fused-ring (bicyclic) bond motifs is 2. The van der Waals surface area contributed by atoms with E-state index in [9.17, 15) is 0 Å². The van der Waals surface area contributed by atoms with Gasteiger partial charge in [-0.05, 0) is 61.9 Å². The van der Waals surface area contributed by atoms with Crippen LogP contribution in [0, 0.1) is 16.7 Å². The average molecular weight is 310 g/mol. The van der Waals surface area contributed by atoms with Crippen molar-refractivity contribution in [2.24, 2.45) is 16.7 Å². The summed E-state index contributed by atoms with van der Waals surface area (Å²) in [6.07, 6.45) is 9.81. The number of rotatable bonds is 10. The highest BCUT2D eigenvalue weighted by Gasteiger charge is 2.61. The first-order valence-electron chi connectivity index (χ1n) is 9.79. The van der Waals surface area contributed by atoms with E-state index in [1.165, 1.54) is 58.0 Å². The SMILES string of the molecule is CCCCN(CCCC)CCO[C@H]1C[C@H]2CC[C@]1(C)C2(C)C. The van der Waals surface area contributed by atoms with Gasteiger partial charge in [0.2, 0.25) is 0 Å². The van der Waals surface area contributed by atoms with Gasteiger partial charge in [-0.25, -0.2) is 0 Å². The zero-order chi connectivity index (χ0) is 16.2. The Morgan fingerprint density at radius 3 is 2.09 bits per heavy atom. The third-order valence-electron chi connectivity index (χ3n) is 7.10. The molecule has 0 spiro atoms. The van der Waals surface area contributed by atoms with Crippen LogP contribution in [-0.2, 0) is 4.74 Å². The predicted molar refractivity (Wildman–Crippen MR) is 95.2 cm³/mol. The Morgan fingerprint density at radius 2 is 1.64 bits per heavy atom. The molecular formula is C20H39NO. The van der Waals surface area contributed by atoms with Gasteiger partial charge in [0.25, 0.3) is 0 Å². The van der Waals surface area contributed by atoms with Crippen molar-refractivity contribution in [2.75, 3.05) is 26.2 Å². The molecular weight excluding hydrogens is 270 g/mol. The van der Waals surface area contributed by atoms with Crippen LogP contribution < -0.4 is 0 Å². The lowest BCUT2D eigenvalue weighted by Crippen LogP contribution is -2.39. The van der Waals surface area contributed by atoms with Crippen LogP contribution in [0.2, 0.25) is 0 Å². The summed E-state index contributed by atoms with van der Waals surface area (Å²) in [6, 6.07) is 0. The predicted octanol–water partition coefficient (Wildman–Crippen LogP) is 5.12. The van der Waals surface area contributed by atoms with E-state index in [1.54, 1.807) is 0 Å². The Hall–Kier alpha value is -0.0800. The van der Waals surface area contributed by atoms with Gasteiger partial charge in [0.15, 0.2) is 0 Å². The summed E-state index contributed by atoms with van der Waals surface area (Å²) in [5.41, 5.74) is 0.886. The van der Waals surface area contributed by atoms with Crippen molar-refractivity contribution in [3.05, 3.63) is 0 Å². The van der Waals surface area contributed by atoms with Crippen LogP contribution in [0.4, 0.5) is 0 Å². The minimum atomic E-state index is 0.412. The summed E-state index contributed by atoms with van der Waals surface area (Å²) in [5, 5.41) is 0. The van der Waals surface area contributed by atoms with Gasteiger partial charge in [-0.1, -0.05) is 47.5 Å². The molecule has 2 bridgehead atoms. The quantitative estimate of drug-likeness (QED) is 0.555. The van der Waals surface area contributed by atoms with Gasteiger partial charge in [0.05, 0.1) is 12.7 Å². The van der Waals surface area contributed by atoms with Crippen molar-refractivity contribution in [3.63, 3.8) is 0 Å². The lowest BCUT2D eigenvalue weighted by Gasteiger charge is -2.39. The van der Waals surface area contributed by atoms with Crippen molar-refractivity contribution < 1.29 is 4.74 Å². The van der Waals surface area contributed by atoms with Crippen LogP contribution in [-0.4, -0.2) is 37.2 Å². The second-order valence-electron chi connectivity index (χ2n) is 8.52. The third kappa shape index (κ3) is 3.53. The summed E-state index contributed by atoms with van der Waals surface area (Å²) >= 11 is 0. The minimum Gasteiger partial charge on any atom is -0.376 e. The molecule has 0 radical (unpaired) electrons. The van der Waals surface area contributed by atoms with Crippen LogP contribution in [0.3, 0.4) is 0 Å². The van der Waals surface area contributed by atoms with Crippen LogP contribution in [0.15, 0.2) is 0 Å². The normalized spacial score (nSPS) is 33.0. The van der Waals surface area contributed by atoms with Crippen molar-refractivity contribution >= 4 is 0 Å². The smallest absolute Gasteiger partial charge is 0.0637 e. The molecule has 3 atom stereocenters. The number of unbranched alkanes of at least 4 members (excludes halogenated alkanes) is 2. The molecule has 0 N–H and O–H groups in total. The van der Waals surface area contributed by atoms with E-state index < -0.39 is 0 Å². The highest BCUT2D eigenvalue weighted by molar-refractivity contribution is 5.11. The molecule has 0 heterocycles. The lowest BCUT2D eigenvalue weighted by atomic mass is 9.70. The van der Waals surface area contributed by atoms with E-state index in [-0.39, 0.29) is 0 Å². The monoisotopic (exact) mass is 309 g/mol. The molecule has 0 unspecified atom stereocenters. The maximum atomic E-state index is 6.42. The molecule has 2 aliphatic carbocycles. The summed E-state index contributed by atoms with van der Waals surface area (Å²) in [4.78, 5) is 2.62. The van der Waals surface area contributed by atoms with Gasteiger partial charge in [-0.2, -0.15) is 0 Å². The van der Waals surface area contributed by atoms with Gasteiger partial charge in [-0.3, -0.25) is 0 Å². The molecule has 2 saturated carbocycles. The van der Waals surface area contributed by atoms with Gasteiger partial charge in [0, 0.05) is 6.54 Å². The Kier molecular flexibility index (Phi) is 6.36. The van der Waals surface area contributed by atoms with Crippen molar-refractivity contribution in [1.29, 1.82) is 0 Å². The number of nitrogens with zero attached hydrogens (tertiary/aromatic N) is 1. The molecule has 130 valence electrons. The van der Waals surface area contributed by atoms with Gasteiger partial charge < -0.3 is 9.64 Å². The Labute approximate surface area is 139 Å². The zero-order valence-corrected chi connectivity index (χ0v) is 15.8.